The first-order chi connectivity index (χ1) is 13.2. The molecule has 3 aromatic rings. The van der Waals surface area contributed by atoms with Crippen molar-refractivity contribution in [2.45, 2.75) is 32.7 Å². The van der Waals surface area contributed by atoms with Gasteiger partial charge in [0.2, 0.25) is 0 Å². The topological polar surface area (TPSA) is 64.3 Å². The molecule has 1 atom stereocenters. The highest BCUT2D eigenvalue weighted by Gasteiger charge is 2.16. The van der Waals surface area contributed by atoms with Crippen LogP contribution in [-0.2, 0) is 17.8 Å². The molecule has 0 saturated heterocycles. The molecule has 2 aromatic carbocycles. The number of carbonyl (C=O) groups excluding carboxylic acids is 1. The van der Waals surface area contributed by atoms with Crippen molar-refractivity contribution in [1.29, 1.82) is 0 Å². The van der Waals surface area contributed by atoms with Crippen molar-refractivity contribution < 1.29 is 4.79 Å². The second-order valence-electron chi connectivity index (χ2n) is 6.95. The van der Waals surface area contributed by atoms with Gasteiger partial charge in [-0.3, -0.25) is 19.1 Å². The van der Waals surface area contributed by atoms with E-state index in [0.29, 0.717) is 17.6 Å². The third kappa shape index (κ3) is 3.21. The second kappa shape index (κ2) is 7.27. The van der Waals surface area contributed by atoms with Gasteiger partial charge in [-0.1, -0.05) is 37.3 Å². The van der Waals surface area contributed by atoms with Crippen LogP contribution in [0.3, 0.4) is 0 Å². The summed E-state index contributed by atoms with van der Waals surface area (Å²) >= 11 is 0. The quantitative estimate of drug-likeness (QED) is 0.516. The Bertz CT molecular complexity index is 1140. The fraction of sp³-hybridized carbons (Fsp3) is 0.273. The summed E-state index contributed by atoms with van der Waals surface area (Å²) in [7, 11) is 0. The maximum Gasteiger partial charge on any atom is 0.261 e. The largest absolute Gasteiger partial charge is 0.299 e. The van der Waals surface area contributed by atoms with Crippen LogP contribution >= 0.6 is 0 Å². The second-order valence-corrected chi connectivity index (χ2v) is 6.95. The molecule has 136 valence electrons. The number of nitrogens with zero attached hydrogens (tertiary/aromatic N) is 3. The maximum atomic E-state index is 12.9. The van der Waals surface area contributed by atoms with Gasteiger partial charge in [-0.05, 0) is 36.3 Å². The van der Waals surface area contributed by atoms with E-state index in [1.54, 1.807) is 10.9 Å². The van der Waals surface area contributed by atoms with E-state index in [2.05, 4.69) is 16.0 Å². The molecule has 5 heteroatoms. The van der Waals surface area contributed by atoms with Crippen molar-refractivity contribution >= 4 is 34.2 Å². The zero-order chi connectivity index (χ0) is 18.8. The van der Waals surface area contributed by atoms with Crippen LogP contribution in [0.15, 0.2) is 58.2 Å². The van der Waals surface area contributed by atoms with Gasteiger partial charge >= 0.3 is 0 Å². The van der Waals surface area contributed by atoms with E-state index in [1.807, 2.05) is 43.5 Å². The standard InChI is InChI=1S/C22H21N3O2/c1-2-9-25-14-24-21-19-6-4-3-5-18(19)16(11-20(21)22(25)27)10-15-7-8-17(13-26)23-12-15/h3-6,8,11-15H,2,7,9-10H2,1H3. The Kier molecular flexibility index (Phi) is 4.67. The Hall–Kier alpha value is -3.08. The van der Waals surface area contributed by atoms with Crippen LogP contribution in [-0.4, -0.2) is 22.1 Å². The lowest BCUT2D eigenvalue weighted by Gasteiger charge is -2.16. The SMILES string of the molecule is CCCn1cnc2c(cc(CC3C=NC(C=O)=CC3)c3ccccc32)c1=O. The monoisotopic (exact) mass is 359 g/mol. The molecule has 0 saturated carbocycles. The van der Waals surface area contributed by atoms with Crippen LogP contribution < -0.4 is 5.56 Å². The molecule has 0 spiro atoms. The number of benzene rings is 2. The third-order valence-electron chi connectivity index (χ3n) is 5.05. The summed E-state index contributed by atoms with van der Waals surface area (Å²) in [6, 6.07) is 10.1. The summed E-state index contributed by atoms with van der Waals surface area (Å²) in [6.45, 7) is 2.71. The number of aliphatic imine (C=N–C) groups is 1. The molecule has 1 aromatic heterocycles. The highest BCUT2D eigenvalue weighted by molar-refractivity contribution is 6.06. The van der Waals surface area contributed by atoms with Crippen LogP contribution in [0.25, 0.3) is 21.7 Å². The number of carbonyl (C=O) groups is 1. The molecule has 0 amide bonds. The van der Waals surface area contributed by atoms with Gasteiger partial charge in [0.05, 0.1) is 22.9 Å². The van der Waals surface area contributed by atoms with Gasteiger partial charge < -0.3 is 0 Å². The minimum absolute atomic E-state index is 0.00861. The Morgan fingerprint density at radius 1 is 1.22 bits per heavy atom. The molecule has 5 nitrogen and oxygen atoms in total. The molecule has 1 unspecified atom stereocenters. The molecule has 0 radical (unpaired) electrons. The highest BCUT2D eigenvalue weighted by atomic mass is 16.1. The smallest absolute Gasteiger partial charge is 0.261 e. The summed E-state index contributed by atoms with van der Waals surface area (Å²) in [5.41, 5.74) is 2.37. The Morgan fingerprint density at radius 2 is 2.04 bits per heavy atom. The summed E-state index contributed by atoms with van der Waals surface area (Å²) in [5.74, 6) is 0.212. The molecule has 0 bridgehead atoms. The number of aromatic nitrogens is 2. The van der Waals surface area contributed by atoms with Gasteiger partial charge in [0.1, 0.15) is 0 Å². The summed E-state index contributed by atoms with van der Waals surface area (Å²) in [5, 5.41) is 2.78. The molecular weight excluding hydrogens is 338 g/mol. The van der Waals surface area contributed by atoms with Gasteiger partial charge in [0.15, 0.2) is 6.29 Å². The molecule has 2 heterocycles. The van der Waals surface area contributed by atoms with Crippen LogP contribution in [0.1, 0.15) is 25.3 Å². The zero-order valence-electron chi connectivity index (χ0n) is 15.3. The van der Waals surface area contributed by atoms with Gasteiger partial charge in [-0.2, -0.15) is 0 Å². The van der Waals surface area contributed by atoms with E-state index >= 15 is 0 Å². The number of aldehydes is 1. The molecule has 1 aliphatic heterocycles. The highest BCUT2D eigenvalue weighted by Crippen LogP contribution is 2.28. The number of allylic oxidation sites excluding steroid dienone is 2. The van der Waals surface area contributed by atoms with Crippen molar-refractivity contribution in [3.8, 4) is 0 Å². The van der Waals surface area contributed by atoms with Crippen LogP contribution in [0.4, 0.5) is 0 Å². The number of rotatable bonds is 5. The predicted molar refractivity (Wildman–Crippen MR) is 108 cm³/mol. The zero-order valence-corrected chi connectivity index (χ0v) is 15.3. The molecular formula is C22H21N3O2. The Labute approximate surface area is 157 Å². The molecule has 0 aliphatic carbocycles. The van der Waals surface area contributed by atoms with Crippen molar-refractivity contribution in [2.24, 2.45) is 10.9 Å². The van der Waals surface area contributed by atoms with Crippen LogP contribution in [0, 0.1) is 5.92 Å². The minimum atomic E-state index is 0.00861. The van der Waals surface area contributed by atoms with Crippen molar-refractivity contribution in [3.05, 3.63) is 64.3 Å². The maximum absolute atomic E-state index is 12.9. The molecule has 0 N–H and O–H groups in total. The van der Waals surface area contributed by atoms with E-state index in [9.17, 15) is 9.59 Å². The van der Waals surface area contributed by atoms with Gasteiger partial charge in [0.25, 0.3) is 5.56 Å². The Morgan fingerprint density at radius 3 is 2.74 bits per heavy atom. The van der Waals surface area contributed by atoms with E-state index in [1.165, 1.54) is 0 Å². The average molecular weight is 359 g/mol. The number of fused-ring (bicyclic) bond motifs is 3. The minimum Gasteiger partial charge on any atom is -0.299 e. The van der Waals surface area contributed by atoms with Crippen molar-refractivity contribution in [1.82, 2.24) is 9.55 Å². The number of aryl methyl sites for hydroxylation is 1. The first-order valence-corrected chi connectivity index (χ1v) is 9.30. The van der Waals surface area contributed by atoms with Crippen molar-refractivity contribution in [2.75, 3.05) is 0 Å². The lowest BCUT2D eigenvalue weighted by Crippen LogP contribution is -2.21. The summed E-state index contributed by atoms with van der Waals surface area (Å²) in [4.78, 5) is 32.6. The molecule has 0 fully saturated rings. The van der Waals surface area contributed by atoms with E-state index in [0.717, 1.165) is 47.4 Å². The fourth-order valence-electron chi connectivity index (χ4n) is 3.72. The lowest BCUT2D eigenvalue weighted by atomic mass is 9.91. The first kappa shape index (κ1) is 17.3. The predicted octanol–water partition coefficient (Wildman–Crippen LogP) is 3.68. The fourth-order valence-corrected chi connectivity index (χ4v) is 3.72. The first-order valence-electron chi connectivity index (χ1n) is 9.30. The molecule has 1 aliphatic rings. The number of hydrogen-bond donors (Lipinski definition) is 0. The Balaban J connectivity index is 1.84. The summed E-state index contributed by atoms with van der Waals surface area (Å²) in [6.07, 6.45) is 8.58. The van der Waals surface area contributed by atoms with E-state index in [-0.39, 0.29) is 11.5 Å². The summed E-state index contributed by atoms with van der Waals surface area (Å²) < 4.78 is 1.68. The van der Waals surface area contributed by atoms with E-state index in [4.69, 9.17) is 0 Å². The van der Waals surface area contributed by atoms with Crippen molar-refractivity contribution in [3.63, 3.8) is 0 Å². The van der Waals surface area contributed by atoms with Gasteiger partial charge in [-0.15, -0.1) is 0 Å². The number of hydrogen-bond acceptors (Lipinski definition) is 4. The normalized spacial score (nSPS) is 16.6. The van der Waals surface area contributed by atoms with Gasteiger partial charge in [-0.25, -0.2) is 4.98 Å². The molecule has 4 rings (SSSR count). The molecule has 27 heavy (non-hydrogen) atoms. The van der Waals surface area contributed by atoms with Crippen LogP contribution in [0.5, 0.6) is 0 Å². The van der Waals surface area contributed by atoms with Gasteiger partial charge in [0, 0.05) is 24.1 Å². The lowest BCUT2D eigenvalue weighted by molar-refractivity contribution is -0.104. The van der Waals surface area contributed by atoms with Crippen LogP contribution in [0.2, 0.25) is 0 Å². The average Bonchev–Trinajstić information content (AvgIpc) is 2.71. The van der Waals surface area contributed by atoms with E-state index < -0.39 is 0 Å². The third-order valence-corrected chi connectivity index (χ3v) is 5.05.